The number of nitrogens with zero attached hydrogens (tertiary/aromatic N) is 1. The zero-order valence-corrected chi connectivity index (χ0v) is 14.9. The zero-order valence-electron chi connectivity index (χ0n) is 12.5. The molecule has 0 saturated carbocycles. The van der Waals surface area contributed by atoms with Gasteiger partial charge in [-0.2, -0.15) is 0 Å². The lowest BCUT2D eigenvalue weighted by Gasteiger charge is -2.29. The van der Waals surface area contributed by atoms with Gasteiger partial charge in [-0.05, 0) is 37.6 Å². The molecule has 2 fully saturated rings. The van der Waals surface area contributed by atoms with Crippen molar-refractivity contribution < 1.29 is 14.4 Å². The zero-order chi connectivity index (χ0) is 16.6. The molecule has 8 heteroatoms. The van der Waals surface area contributed by atoms with E-state index < -0.39 is 11.9 Å². The van der Waals surface area contributed by atoms with Gasteiger partial charge in [0.1, 0.15) is 6.04 Å². The molecular weight excluding hydrogens is 382 g/mol. The summed E-state index contributed by atoms with van der Waals surface area (Å²) in [4.78, 5) is 37.7. The van der Waals surface area contributed by atoms with E-state index >= 15 is 0 Å². The molecule has 0 aliphatic carbocycles. The lowest BCUT2D eigenvalue weighted by Crippen LogP contribution is -2.54. The molecule has 0 aromatic heterocycles. The third-order valence-corrected chi connectivity index (χ3v) is 6.19. The van der Waals surface area contributed by atoms with Crippen molar-refractivity contribution in [3.63, 3.8) is 0 Å². The minimum Gasteiger partial charge on any atom is -0.315 e. The van der Waals surface area contributed by atoms with E-state index in [1.165, 1.54) is 0 Å². The molecule has 2 heterocycles. The number of fused-ring (bicyclic) bond motifs is 1. The minimum absolute atomic E-state index is 0.00288. The summed E-state index contributed by atoms with van der Waals surface area (Å²) in [6.07, 6.45) is 1.23. The molecule has 0 radical (unpaired) electrons. The molecule has 2 aliphatic rings. The van der Waals surface area contributed by atoms with E-state index in [0.29, 0.717) is 17.7 Å². The van der Waals surface area contributed by atoms with Crippen LogP contribution in [0.15, 0.2) is 28.7 Å². The Bertz CT molecular complexity index is 666. The van der Waals surface area contributed by atoms with Gasteiger partial charge in [-0.1, -0.05) is 15.9 Å². The molecule has 2 saturated heterocycles. The molecule has 2 N–H and O–H groups in total. The lowest BCUT2D eigenvalue weighted by molar-refractivity contribution is -0.138. The molecule has 3 amide bonds. The summed E-state index contributed by atoms with van der Waals surface area (Å²) < 4.78 is 0.868. The van der Waals surface area contributed by atoms with E-state index in [2.05, 4.69) is 26.8 Å². The topological polar surface area (TPSA) is 78.5 Å². The van der Waals surface area contributed by atoms with Crippen LogP contribution in [0.1, 0.15) is 30.1 Å². The number of hydrazine groups is 1. The minimum atomic E-state index is -0.537. The van der Waals surface area contributed by atoms with Crippen LogP contribution in [0.5, 0.6) is 0 Å². The predicted molar refractivity (Wildman–Crippen MR) is 90.5 cm³/mol. The van der Waals surface area contributed by atoms with Crippen LogP contribution in [-0.2, 0) is 9.59 Å². The maximum atomic E-state index is 12.3. The van der Waals surface area contributed by atoms with E-state index in [4.69, 9.17) is 0 Å². The highest BCUT2D eigenvalue weighted by atomic mass is 79.9. The smallest absolute Gasteiger partial charge is 0.269 e. The fourth-order valence-electron chi connectivity index (χ4n) is 2.89. The number of nitrogens with one attached hydrogen (secondary N) is 2. The number of carbonyl (C=O) groups is 3. The van der Waals surface area contributed by atoms with Crippen molar-refractivity contribution in [2.45, 2.75) is 30.7 Å². The average molecular weight is 398 g/mol. The van der Waals surface area contributed by atoms with Gasteiger partial charge < -0.3 is 4.90 Å². The first-order valence-corrected chi connectivity index (χ1v) is 9.00. The maximum absolute atomic E-state index is 12.3. The molecule has 6 nitrogen and oxygen atoms in total. The first-order valence-electron chi connectivity index (χ1n) is 7.22. The Kier molecular flexibility index (Phi) is 4.37. The van der Waals surface area contributed by atoms with Crippen LogP contribution in [0.25, 0.3) is 0 Å². The number of benzene rings is 1. The van der Waals surface area contributed by atoms with Crippen LogP contribution in [0.3, 0.4) is 0 Å². The van der Waals surface area contributed by atoms with Gasteiger partial charge in [-0.15, -0.1) is 11.8 Å². The van der Waals surface area contributed by atoms with Crippen molar-refractivity contribution in [3.8, 4) is 0 Å². The molecule has 2 aliphatic heterocycles. The van der Waals surface area contributed by atoms with Gasteiger partial charge in [0, 0.05) is 22.2 Å². The Morgan fingerprint density at radius 3 is 2.70 bits per heavy atom. The number of carbonyl (C=O) groups excluding carboxylic acids is 3. The molecule has 3 rings (SSSR count). The Morgan fingerprint density at radius 1 is 1.30 bits per heavy atom. The van der Waals surface area contributed by atoms with Crippen molar-refractivity contribution in [1.29, 1.82) is 0 Å². The number of amides is 3. The molecule has 0 unspecified atom stereocenters. The Balaban J connectivity index is 1.60. The van der Waals surface area contributed by atoms with Crippen LogP contribution >= 0.6 is 27.7 Å². The van der Waals surface area contributed by atoms with E-state index in [1.807, 2.05) is 6.92 Å². The first-order chi connectivity index (χ1) is 10.9. The van der Waals surface area contributed by atoms with Gasteiger partial charge in [0.05, 0.1) is 4.87 Å². The third-order valence-electron chi connectivity index (χ3n) is 4.15. The van der Waals surface area contributed by atoms with Crippen molar-refractivity contribution in [2.75, 3.05) is 5.75 Å². The van der Waals surface area contributed by atoms with Crippen molar-refractivity contribution in [1.82, 2.24) is 15.8 Å². The summed E-state index contributed by atoms with van der Waals surface area (Å²) in [6.45, 7) is 1.98. The second kappa shape index (κ2) is 6.16. The standard InChI is InChI=1S/C15H16BrN3O3S/c1-15-7-6-12(20)19(15)11(8-23-15)14(22)18-17-13(21)9-2-4-10(16)5-3-9/h2-5,11H,6-8H2,1H3,(H,17,21)(H,18,22)/t11-,15-/m0/s1. The van der Waals surface area contributed by atoms with E-state index in [0.717, 1.165) is 10.9 Å². The molecule has 122 valence electrons. The fraction of sp³-hybridized carbons (Fsp3) is 0.400. The number of hydrogen-bond acceptors (Lipinski definition) is 4. The number of hydrogen-bond donors (Lipinski definition) is 2. The summed E-state index contributed by atoms with van der Waals surface area (Å²) in [5.74, 6) is -0.215. The number of thioether (sulfide) groups is 1. The van der Waals surface area contributed by atoms with E-state index in [9.17, 15) is 14.4 Å². The van der Waals surface area contributed by atoms with Gasteiger partial charge in [0.15, 0.2) is 0 Å². The molecular formula is C15H16BrN3O3S. The monoisotopic (exact) mass is 397 g/mol. The Labute approximate surface area is 146 Å². The number of halogens is 1. The molecule has 1 aromatic carbocycles. The van der Waals surface area contributed by atoms with Gasteiger partial charge in [0.2, 0.25) is 5.91 Å². The summed E-state index contributed by atoms with van der Waals surface area (Å²) in [7, 11) is 0. The summed E-state index contributed by atoms with van der Waals surface area (Å²) in [6, 6.07) is 6.26. The normalized spacial score (nSPS) is 26.1. The molecule has 1 aromatic rings. The second-order valence-corrected chi connectivity index (χ2v) is 8.13. The first kappa shape index (κ1) is 16.3. The van der Waals surface area contributed by atoms with Crippen LogP contribution < -0.4 is 10.9 Å². The molecule has 0 bridgehead atoms. The Hall–Kier alpha value is -1.54. The van der Waals surface area contributed by atoms with Crippen LogP contribution in [0.2, 0.25) is 0 Å². The van der Waals surface area contributed by atoms with Crippen molar-refractivity contribution in [3.05, 3.63) is 34.3 Å². The third kappa shape index (κ3) is 3.10. The predicted octanol–water partition coefficient (Wildman–Crippen LogP) is 1.66. The highest BCUT2D eigenvalue weighted by Crippen LogP contribution is 2.47. The van der Waals surface area contributed by atoms with Crippen LogP contribution in [0, 0.1) is 0 Å². The lowest BCUT2D eigenvalue weighted by atomic mass is 10.2. The number of rotatable bonds is 2. The molecule has 23 heavy (non-hydrogen) atoms. The van der Waals surface area contributed by atoms with Crippen LogP contribution in [0.4, 0.5) is 0 Å². The SMILES string of the molecule is C[C@]12CCC(=O)N1[C@H](C(=O)NNC(=O)c1ccc(Br)cc1)CS2. The van der Waals surface area contributed by atoms with Gasteiger partial charge in [-0.25, -0.2) is 0 Å². The maximum Gasteiger partial charge on any atom is 0.269 e. The largest absolute Gasteiger partial charge is 0.315 e. The quantitative estimate of drug-likeness (QED) is 0.743. The summed E-state index contributed by atoms with van der Waals surface area (Å²) in [5.41, 5.74) is 5.27. The van der Waals surface area contributed by atoms with E-state index in [1.54, 1.807) is 40.9 Å². The van der Waals surface area contributed by atoms with Gasteiger partial charge in [0.25, 0.3) is 11.8 Å². The fourth-order valence-corrected chi connectivity index (χ4v) is 4.59. The van der Waals surface area contributed by atoms with Crippen LogP contribution in [-0.4, -0.2) is 39.3 Å². The summed E-state index contributed by atoms with van der Waals surface area (Å²) in [5, 5.41) is 0. The highest BCUT2D eigenvalue weighted by Gasteiger charge is 2.52. The van der Waals surface area contributed by atoms with E-state index in [-0.39, 0.29) is 16.7 Å². The molecule has 2 atom stereocenters. The molecule has 0 spiro atoms. The Morgan fingerprint density at radius 2 is 2.00 bits per heavy atom. The average Bonchev–Trinajstić information content (AvgIpc) is 3.02. The van der Waals surface area contributed by atoms with Gasteiger partial charge in [-0.3, -0.25) is 25.2 Å². The van der Waals surface area contributed by atoms with Gasteiger partial charge >= 0.3 is 0 Å². The van der Waals surface area contributed by atoms with Crippen molar-refractivity contribution in [2.24, 2.45) is 0 Å². The highest BCUT2D eigenvalue weighted by molar-refractivity contribution is 9.10. The second-order valence-electron chi connectivity index (χ2n) is 5.72. The summed E-state index contributed by atoms with van der Waals surface area (Å²) >= 11 is 4.91. The van der Waals surface area contributed by atoms with Crippen molar-refractivity contribution >= 4 is 45.4 Å².